The van der Waals surface area contributed by atoms with Gasteiger partial charge in [0, 0.05) is 19.5 Å². The fourth-order valence-corrected chi connectivity index (χ4v) is 3.75. The number of carbonyl (C=O) groups excluding carboxylic acids is 2. The second-order valence-corrected chi connectivity index (χ2v) is 10.5. The summed E-state index contributed by atoms with van der Waals surface area (Å²) in [5.41, 5.74) is -1.01. The second-order valence-electron chi connectivity index (χ2n) is 10.5. The van der Waals surface area contributed by atoms with Gasteiger partial charge >= 0.3 is 13.2 Å². The van der Waals surface area contributed by atoms with Crippen LogP contribution in [0.2, 0.25) is 0 Å². The molecule has 0 bridgehead atoms. The average molecular weight is 433 g/mol. The van der Waals surface area contributed by atoms with Crippen molar-refractivity contribution in [3.63, 3.8) is 0 Å². The summed E-state index contributed by atoms with van der Waals surface area (Å²) in [6.07, 6.45) is 0.505. The van der Waals surface area contributed by atoms with E-state index in [1.807, 2.05) is 48.5 Å². The molecular weight excluding hydrogens is 400 g/mol. The second kappa shape index (κ2) is 8.21. The van der Waals surface area contributed by atoms with Gasteiger partial charge in [-0.2, -0.15) is 0 Å². The minimum absolute atomic E-state index is 0.0119. The Morgan fingerprint density at radius 2 is 1.81 bits per heavy atom. The molecule has 0 aromatic heterocycles. The molecule has 2 aliphatic heterocycles. The number of carbonyl (C=O) groups is 2. The molecular formula is C23H33BFNO5. The number of ketones is 1. The fourth-order valence-electron chi connectivity index (χ4n) is 3.75. The number of rotatable bonds is 4. The van der Waals surface area contributed by atoms with E-state index in [0.717, 1.165) is 0 Å². The number of ether oxygens (including phenoxy) is 1. The normalized spacial score (nSPS) is 22.6. The molecule has 1 aromatic rings. The van der Waals surface area contributed by atoms with Crippen LogP contribution < -0.4 is 5.46 Å². The van der Waals surface area contributed by atoms with Gasteiger partial charge in [-0.15, -0.1) is 0 Å². The van der Waals surface area contributed by atoms with E-state index in [1.165, 1.54) is 12.1 Å². The van der Waals surface area contributed by atoms with Gasteiger partial charge < -0.3 is 18.9 Å². The van der Waals surface area contributed by atoms with E-state index in [9.17, 15) is 14.0 Å². The molecule has 3 rings (SSSR count). The van der Waals surface area contributed by atoms with Crippen molar-refractivity contribution < 1.29 is 28.0 Å². The highest BCUT2D eigenvalue weighted by Gasteiger charge is 2.51. The third-order valence-corrected chi connectivity index (χ3v) is 6.23. The van der Waals surface area contributed by atoms with Gasteiger partial charge in [0.2, 0.25) is 0 Å². The minimum atomic E-state index is -0.680. The number of likely N-dealkylation sites (tertiary alicyclic amines) is 1. The molecule has 170 valence electrons. The van der Waals surface area contributed by atoms with E-state index in [0.29, 0.717) is 25.0 Å². The van der Waals surface area contributed by atoms with Crippen molar-refractivity contribution in [2.45, 2.75) is 78.1 Å². The summed E-state index contributed by atoms with van der Waals surface area (Å²) < 4.78 is 32.1. The van der Waals surface area contributed by atoms with Crippen molar-refractivity contribution >= 4 is 24.5 Å². The van der Waals surface area contributed by atoms with Gasteiger partial charge in [0.15, 0.2) is 5.78 Å². The number of nitrogens with zero attached hydrogens (tertiary/aromatic N) is 1. The highest BCUT2D eigenvalue weighted by Crippen LogP contribution is 2.36. The molecule has 2 aliphatic rings. The Balaban J connectivity index is 1.61. The first-order chi connectivity index (χ1) is 14.2. The molecule has 2 saturated heterocycles. The lowest BCUT2D eigenvalue weighted by atomic mass is 9.78. The number of amides is 1. The van der Waals surface area contributed by atoms with Crippen LogP contribution in [-0.2, 0) is 14.0 Å². The van der Waals surface area contributed by atoms with Crippen LogP contribution in [0.15, 0.2) is 18.2 Å². The monoisotopic (exact) mass is 433 g/mol. The van der Waals surface area contributed by atoms with Crippen molar-refractivity contribution in [1.82, 2.24) is 4.90 Å². The lowest BCUT2D eigenvalue weighted by Crippen LogP contribution is -2.41. The van der Waals surface area contributed by atoms with E-state index < -0.39 is 29.7 Å². The van der Waals surface area contributed by atoms with Crippen LogP contribution in [0.5, 0.6) is 0 Å². The number of hydrogen-bond donors (Lipinski definition) is 0. The molecule has 0 radical (unpaired) electrons. The maximum absolute atomic E-state index is 14.8. The minimum Gasteiger partial charge on any atom is -0.444 e. The van der Waals surface area contributed by atoms with Crippen LogP contribution in [0, 0.1) is 11.7 Å². The summed E-state index contributed by atoms with van der Waals surface area (Å²) in [5, 5.41) is 0. The molecule has 8 heteroatoms. The van der Waals surface area contributed by atoms with Crippen molar-refractivity contribution in [3.05, 3.63) is 29.6 Å². The SMILES string of the molecule is CC(C)(C)OC(=O)N1CC[C@@H](CC(=O)c2ccc(B3OC(C)(C)C(C)(C)O3)cc2F)C1. The van der Waals surface area contributed by atoms with Crippen LogP contribution in [0.4, 0.5) is 9.18 Å². The highest BCUT2D eigenvalue weighted by atomic mass is 19.1. The molecule has 6 nitrogen and oxygen atoms in total. The average Bonchev–Trinajstić information content (AvgIpc) is 3.15. The topological polar surface area (TPSA) is 65.1 Å². The summed E-state index contributed by atoms with van der Waals surface area (Å²) in [4.78, 5) is 26.5. The van der Waals surface area contributed by atoms with Crippen molar-refractivity contribution in [2.24, 2.45) is 5.92 Å². The summed E-state index contributed by atoms with van der Waals surface area (Å²) in [6, 6.07) is 4.50. The standard InChI is InChI=1S/C23H33BFNO5/c1-21(2,3)29-20(28)26-11-10-15(14-26)12-19(27)17-9-8-16(13-18(17)25)24-30-22(4,5)23(6,7)31-24/h8-9,13,15H,10-12,14H2,1-7H3/t15-/m0/s1. The third kappa shape index (κ3) is 5.29. The van der Waals surface area contributed by atoms with Gasteiger partial charge in [0.05, 0.1) is 16.8 Å². The zero-order valence-corrected chi connectivity index (χ0v) is 19.6. The summed E-state index contributed by atoms with van der Waals surface area (Å²) in [6.45, 7) is 14.2. The first-order valence-corrected chi connectivity index (χ1v) is 10.8. The molecule has 1 amide bonds. The number of halogens is 1. The smallest absolute Gasteiger partial charge is 0.444 e. The Morgan fingerprint density at radius 1 is 1.19 bits per heavy atom. The maximum atomic E-state index is 14.8. The summed E-state index contributed by atoms with van der Waals surface area (Å²) in [5.74, 6) is -0.865. The highest BCUT2D eigenvalue weighted by molar-refractivity contribution is 6.62. The Labute approximate surface area is 184 Å². The Hall–Kier alpha value is -1.93. The van der Waals surface area contributed by atoms with Gasteiger partial charge in [-0.05, 0) is 78.4 Å². The number of hydrogen-bond acceptors (Lipinski definition) is 5. The van der Waals surface area contributed by atoms with Crippen molar-refractivity contribution in [3.8, 4) is 0 Å². The number of benzene rings is 1. The molecule has 0 N–H and O–H groups in total. The fraction of sp³-hybridized carbons (Fsp3) is 0.652. The molecule has 1 atom stereocenters. The lowest BCUT2D eigenvalue weighted by Gasteiger charge is -2.32. The van der Waals surface area contributed by atoms with E-state index in [2.05, 4.69) is 0 Å². The van der Waals surface area contributed by atoms with E-state index >= 15 is 0 Å². The summed E-state index contributed by atoms with van der Waals surface area (Å²) in [7, 11) is -0.680. The largest absolute Gasteiger partial charge is 0.494 e. The van der Waals surface area contributed by atoms with Crippen molar-refractivity contribution in [1.29, 1.82) is 0 Å². The molecule has 0 unspecified atom stereocenters. The molecule has 0 spiro atoms. The quantitative estimate of drug-likeness (QED) is 0.532. The lowest BCUT2D eigenvalue weighted by molar-refractivity contribution is 0.00578. The van der Waals surface area contributed by atoms with Crippen LogP contribution in [0.1, 0.15) is 71.7 Å². The van der Waals surface area contributed by atoms with E-state index in [-0.39, 0.29) is 29.8 Å². The first-order valence-electron chi connectivity index (χ1n) is 10.8. The van der Waals surface area contributed by atoms with Gasteiger partial charge in [0.1, 0.15) is 11.4 Å². The molecule has 1 aromatic carbocycles. The predicted octanol–water partition coefficient (Wildman–Crippen LogP) is 3.95. The molecule has 2 fully saturated rings. The first kappa shape index (κ1) is 23.7. The van der Waals surface area contributed by atoms with E-state index in [1.54, 1.807) is 11.0 Å². The molecule has 2 heterocycles. The Kier molecular flexibility index (Phi) is 6.28. The zero-order chi connectivity index (χ0) is 23.2. The molecule has 31 heavy (non-hydrogen) atoms. The molecule has 0 saturated carbocycles. The Morgan fingerprint density at radius 3 is 2.35 bits per heavy atom. The maximum Gasteiger partial charge on any atom is 0.494 e. The van der Waals surface area contributed by atoms with Crippen LogP contribution >= 0.6 is 0 Å². The molecule has 0 aliphatic carbocycles. The third-order valence-electron chi connectivity index (χ3n) is 6.23. The van der Waals surface area contributed by atoms with Gasteiger partial charge in [-0.3, -0.25) is 4.79 Å². The van der Waals surface area contributed by atoms with Crippen LogP contribution in [0.25, 0.3) is 0 Å². The Bertz CT molecular complexity index is 848. The van der Waals surface area contributed by atoms with Gasteiger partial charge in [-0.25, -0.2) is 9.18 Å². The van der Waals surface area contributed by atoms with Crippen LogP contribution in [0.3, 0.4) is 0 Å². The predicted molar refractivity (Wildman–Crippen MR) is 117 cm³/mol. The number of Topliss-reactive ketones (excluding diaryl/α,β-unsaturated/α-hetero) is 1. The van der Waals surface area contributed by atoms with Crippen molar-refractivity contribution in [2.75, 3.05) is 13.1 Å². The summed E-state index contributed by atoms with van der Waals surface area (Å²) >= 11 is 0. The zero-order valence-electron chi connectivity index (χ0n) is 19.6. The van der Waals surface area contributed by atoms with Gasteiger partial charge in [0.25, 0.3) is 0 Å². The van der Waals surface area contributed by atoms with Gasteiger partial charge in [-0.1, -0.05) is 6.07 Å². The van der Waals surface area contributed by atoms with E-state index in [4.69, 9.17) is 14.0 Å². The van der Waals surface area contributed by atoms with Crippen LogP contribution in [-0.4, -0.2) is 53.8 Å².